The number of anilines is 1. The van der Waals surface area contributed by atoms with Gasteiger partial charge in [0.25, 0.3) is 0 Å². The van der Waals surface area contributed by atoms with Crippen LogP contribution in [-0.2, 0) is 0 Å². The zero-order chi connectivity index (χ0) is 9.84. The standard InChI is InChI=1S/C10H13ClN2/c1-8(12-2)13(3)10-6-4-9(11)5-7-10/h4-7H,1-3H3. The van der Waals surface area contributed by atoms with Gasteiger partial charge in [-0.05, 0) is 31.2 Å². The monoisotopic (exact) mass is 196 g/mol. The molecule has 1 aromatic rings. The number of hydrogen-bond donors (Lipinski definition) is 0. The summed E-state index contributed by atoms with van der Waals surface area (Å²) in [5, 5.41) is 0.753. The van der Waals surface area contributed by atoms with Crippen molar-refractivity contribution in [2.45, 2.75) is 6.92 Å². The number of halogens is 1. The minimum atomic E-state index is 0.753. The van der Waals surface area contributed by atoms with Crippen LogP contribution < -0.4 is 4.90 Å². The number of rotatable bonds is 1. The summed E-state index contributed by atoms with van der Waals surface area (Å²) in [5.41, 5.74) is 1.09. The normalized spacial score (nSPS) is 11.5. The van der Waals surface area contributed by atoms with Crippen LogP contribution in [0.25, 0.3) is 0 Å². The highest BCUT2D eigenvalue weighted by Crippen LogP contribution is 2.16. The second-order valence-corrected chi connectivity index (χ2v) is 3.24. The molecule has 3 heteroatoms. The van der Waals surface area contributed by atoms with E-state index in [4.69, 9.17) is 11.6 Å². The highest BCUT2D eigenvalue weighted by Gasteiger charge is 2.01. The van der Waals surface area contributed by atoms with Crippen LogP contribution in [0.2, 0.25) is 5.02 Å². The molecule has 0 radical (unpaired) electrons. The van der Waals surface area contributed by atoms with Gasteiger partial charge in [0.05, 0.1) is 5.84 Å². The van der Waals surface area contributed by atoms with Crippen molar-refractivity contribution in [1.29, 1.82) is 0 Å². The van der Waals surface area contributed by atoms with Crippen LogP contribution in [0.3, 0.4) is 0 Å². The summed E-state index contributed by atoms with van der Waals surface area (Å²) in [6, 6.07) is 7.68. The van der Waals surface area contributed by atoms with Crippen LogP contribution in [-0.4, -0.2) is 19.9 Å². The van der Waals surface area contributed by atoms with Crippen molar-refractivity contribution >= 4 is 23.1 Å². The van der Waals surface area contributed by atoms with Crippen molar-refractivity contribution in [3.63, 3.8) is 0 Å². The lowest BCUT2D eigenvalue weighted by Gasteiger charge is -2.18. The number of aliphatic imine (C=N–C) groups is 1. The molecule has 0 unspecified atom stereocenters. The summed E-state index contributed by atoms with van der Waals surface area (Å²) in [6.07, 6.45) is 0. The lowest BCUT2D eigenvalue weighted by atomic mass is 10.3. The van der Waals surface area contributed by atoms with Crippen molar-refractivity contribution < 1.29 is 0 Å². The van der Waals surface area contributed by atoms with Crippen molar-refractivity contribution in [3.05, 3.63) is 29.3 Å². The van der Waals surface area contributed by atoms with Crippen LogP contribution in [0, 0.1) is 0 Å². The summed E-state index contributed by atoms with van der Waals surface area (Å²) in [5.74, 6) is 0.974. The van der Waals surface area contributed by atoms with Gasteiger partial charge in [-0.1, -0.05) is 11.6 Å². The summed E-state index contributed by atoms with van der Waals surface area (Å²) >= 11 is 5.78. The van der Waals surface area contributed by atoms with Gasteiger partial charge in [0.2, 0.25) is 0 Å². The van der Waals surface area contributed by atoms with Crippen molar-refractivity contribution in [3.8, 4) is 0 Å². The molecular formula is C10H13ClN2. The molecule has 0 N–H and O–H groups in total. The molecule has 2 nitrogen and oxygen atoms in total. The number of amidine groups is 1. The lowest BCUT2D eigenvalue weighted by Crippen LogP contribution is -2.22. The number of benzene rings is 1. The molecule has 0 heterocycles. The predicted octanol–water partition coefficient (Wildman–Crippen LogP) is 2.82. The molecule has 0 bridgehead atoms. The summed E-state index contributed by atoms with van der Waals surface area (Å²) in [7, 11) is 3.76. The van der Waals surface area contributed by atoms with Crippen LogP contribution in [0.1, 0.15) is 6.92 Å². The molecule has 0 saturated carbocycles. The topological polar surface area (TPSA) is 15.6 Å². The molecule has 0 fully saturated rings. The largest absolute Gasteiger partial charge is 0.334 e. The predicted molar refractivity (Wildman–Crippen MR) is 58.9 cm³/mol. The molecule has 0 aliphatic heterocycles. The zero-order valence-corrected chi connectivity index (χ0v) is 8.84. The van der Waals surface area contributed by atoms with Crippen LogP contribution in [0.15, 0.2) is 29.3 Å². The lowest BCUT2D eigenvalue weighted by molar-refractivity contribution is 1.22. The SMILES string of the molecule is CN=C(C)N(C)c1ccc(Cl)cc1. The van der Waals surface area contributed by atoms with Gasteiger partial charge in [-0.3, -0.25) is 4.99 Å². The molecular weight excluding hydrogens is 184 g/mol. The van der Waals surface area contributed by atoms with Crippen molar-refractivity contribution in [2.75, 3.05) is 19.0 Å². The van der Waals surface area contributed by atoms with Gasteiger partial charge in [-0.15, -0.1) is 0 Å². The van der Waals surface area contributed by atoms with E-state index in [1.165, 1.54) is 0 Å². The Morgan fingerprint density at radius 2 is 1.85 bits per heavy atom. The maximum atomic E-state index is 5.78. The van der Waals surface area contributed by atoms with Gasteiger partial charge in [-0.25, -0.2) is 0 Å². The maximum Gasteiger partial charge on any atom is 0.0995 e. The third-order valence-electron chi connectivity index (χ3n) is 2.02. The fourth-order valence-corrected chi connectivity index (χ4v) is 1.13. The Bertz CT molecular complexity index is 303. The summed E-state index contributed by atoms with van der Waals surface area (Å²) < 4.78 is 0. The van der Waals surface area contributed by atoms with E-state index in [1.807, 2.05) is 43.1 Å². The molecule has 70 valence electrons. The van der Waals surface area contributed by atoms with Crippen molar-refractivity contribution in [1.82, 2.24) is 0 Å². The fraction of sp³-hybridized carbons (Fsp3) is 0.300. The first kappa shape index (κ1) is 10.1. The van der Waals surface area contributed by atoms with Gasteiger partial charge in [0.1, 0.15) is 0 Å². The molecule has 0 spiro atoms. The van der Waals surface area contributed by atoms with E-state index in [1.54, 1.807) is 7.05 Å². The molecule has 13 heavy (non-hydrogen) atoms. The van der Waals surface area contributed by atoms with Crippen LogP contribution in [0.4, 0.5) is 5.69 Å². The first-order valence-electron chi connectivity index (χ1n) is 4.08. The first-order chi connectivity index (χ1) is 6.15. The zero-order valence-electron chi connectivity index (χ0n) is 8.08. The minimum absolute atomic E-state index is 0.753. The fourth-order valence-electron chi connectivity index (χ4n) is 1.00. The molecule has 0 aliphatic carbocycles. The van der Waals surface area contributed by atoms with Crippen molar-refractivity contribution in [2.24, 2.45) is 4.99 Å². The molecule has 0 atom stereocenters. The van der Waals surface area contributed by atoms with Gasteiger partial charge in [0.15, 0.2) is 0 Å². The molecule has 0 amide bonds. The minimum Gasteiger partial charge on any atom is -0.334 e. The van der Waals surface area contributed by atoms with E-state index >= 15 is 0 Å². The smallest absolute Gasteiger partial charge is 0.0995 e. The third kappa shape index (κ3) is 2.46. The van der Waals surface area contributed by atoms with Gasteiger partial charge < -0.3 is 4.90 Å². The van der Waals surface area contributed by atoms with Crippen LogP contribution in [0.5, 0.6) is 0 Å². The second kappa shape index (κ2) is 4.28. The quantitative estimate of drug-likeness (QED) is 0.498. The molecule has 0 aliphatic rings. The van der Waals surface area contributed by atoms with E-state index in [2.05, 4.69) is 4.99 Å². The summed E-state index contributed by atoms with van der Waals surface area (Å²) in [6.45, 7) is 1.97. The van der Waals surface area contributed by atoms with Gasteiger partial charge in [0, 0.05) is 24.8 Å². The Morgan fingerprint density at radius 1 is 1.31 bits per heavy atom. The highest BCUT2D eigenvalue weighted by molar-refractivity contribution is 6.30. The van der Waals surface area contributed by atoms with E-state index in [9.17, 15) is 0 Å². The van der Waals surface area contributed by atoms with E-state index in [-0.39, 0.29) is 0 Å². The average Bonchev–Trinajstić information content (AvgIpc) is 2.17. The van der Waals surface area contributed by atoms with Gasteiger partial charge in [-0.2, -0.15) is 0 Å². The first-order valence-corrected chi connectivity index (χ1v) is 4.45. The third-order valence-corrected chi connectivity index (χ3v) is 2.27. The van der Waals surface area contributed by atoms with Gasteiger partial charge >= 0.3 is 0 Å². The second-order valence-electron chi connectivity index (χ2n) is 2.81. The van der Waals surface area contributed by atoms with E-state index < -0.39 is 0 Å². The number of hydrogen-bond acceptors (Lipinski definition) is 1. The Balaban J connectivity index is 2.89. The Morgan fingerprint density at radius 3 is 2.31 bits per heavy atom. The molecule has 0 saturated heterocycles. The van der Waals surface area contributed by atoms with E-state index in [0.29, 0.717) is 0 Å². The number of nitrogens with zero attached hydrogens (tertiary/aromatic N) is 2. The molecule has 1 rings (SSSR count). The van der Waals surface area contributed by atoms with E-state index in [0.717, 1.165) is 16.5 Å². The molecule has 1 aromatic carbocycles. The summed E-state index contributed by atoms with van der Waals surface area (Å²) in [4.78, 5) is 6.11. The maximum absolute atomic E-state index is 5.78. The van der Waals surface area contributed by atoms with Crippen LogP contribution >= 0.6 is 11.6 Å². The highest BCUT2D eigenvalue weighted by atomic mass is 35.5. The Kier molecular flexibility index (Phi) is 3.32. The Labute approximate surface area is 83.8 Å². The average molecular weight is 197 g/mol. The molecule has 0 aromatic heterocycles. The Hall–Kier alpha value is -1.02.